The molecule has 0 bridgehead atoms. The number of rotatable bonds is 5. The molecular formula is C32H22F6N2O4S2. The lowest BCUT2D eigenvalue weighted by atomic mass is 9.95. The Bertz CT molecular complexity index is 1920. The number of sulfonamides is 2. The minimum absolute atomic E-state index is 0.124. The summed E-state index contributed by atoms with van der Waals surface area (Å²) in [6, 6.07) is 22.1. The van der Waals surface area contributed by atoms with E-state index in [1.807, 2.05) is 60.7 Å². The van der Waals surface area contributed by atoms with E-state index in [-0.39, 0.29) is 8.61 Å². The molecule has 0 N–H and O–H groups in total. The molecule has 6 nitrogen and oxygen atoms in total. The third-order valence-electron chi connectivity index (χ3n) is 7.79. The van der Waals surface area contributed by atoms with Crippen molar-refractivity contribution < 1.29 is 43.2 Å². The molecule has 0 aromatic heterocycles. The Kier molecular flexibility index (Phi) is 7.55. The van der Waals surface area contributed by atoms with Crippen molar-refractivity contribution in [2.24, 2.45) is 0 Å². The van der Waals surface area contributed by atoms with Crippen LogP contribution in [0.3, 0.4) is 0 Å². The number of alkyl halides is 6. The van der Waals surface area contributed by atoms with E-state index in [0.717, 1.165) is 58.2 Å². The van der Waals surface area contributed by atoms with Crippen LogP contribution in [0.4, 0.5) is 26.3 Å². The summed E-state index contributed by atoms with van der Waals surface area (Å²) in [4.78, 5) is 0. The number of hydrogen-bond acceptors (Lipinski definition) is 4. The second kappa shape index (κ2) is 11.1. The highest BCUT2D eigenvalue weighted by Crippen LogP contribution is 2.49. The molecule has 46 heavy (non-hydrogen) atoms. The molecule has 0 aromatic carbocycles. The highest BCUT2D eigenvalue weighted by Gasteiger charge is 2.50. The third kappa shape index (κ3) is 5.24. The maximum absolute atomic E-state index is 13.1. The predicted octanol–water partition coefficient (Wildman–Crippen LogP) is 8.12. The molecule has 6 rings (SSSR count). The lowest BCUT2D eigenvalue weighted by molar-refractivity contribution is -0.0474. The largest absolute Gasteiger partial charge is 0.517 e. The van der Waals surface area contributed by atoms with Crippen LogP contribution in [-0.2, 0) is 20.0 Å². The molecule has 0 amide bonds. The van der Waals surface area contributed by atoms with Crippen LogP contribution >= 0.6 is 0 Å². The van der Waals surface area contributed by atoms with Gasteiger partial charge in [0.15, 0.2) is 0 Å². The average Bonchev–Trinajstić information content (AvgIpc) is 3.28. The summed E-state index contributed by atoms with van der Waals surface area (Å²) in [6.07, 6.45) is 8.93. The molecule has 2 aliphatic heterocycles. The Morgan fingerprint density at radius 3 is 1.07 bits per heavy atom. The van der Waals surface area contributed by atoms with Crippen LogP contribution in [0.15, 0.2) is 122 Å². The van der Waals surface area contributed by atoms with Gasteiger partial charge in [-0.25, -0.2) is 8.61 Å². The first-order chi connectivity index (χ1) is 21.6. The zero-order valence-corrected chi connectivity index (χ0v) is 24.9. The van der Waals surface area contributed by atoms with E-state index in [2.05, 4.69) is 0 Å². The molecule has 0 unspecified atom stereocenters. The summed E-state index contributed by atoms with van der Waals surface area (Å²) in [5.74, 6) is -1.14. The van der Waals surface area contributed by atoms with E-state index < -0.39 is 42.9 Å². The molecule has 6 aliphatic rings. The monoisotopic (exact) mass is 676 g/mol. The Labute approximate surface area is 260 Å². The number of fused-ring (bicyclic) bond motifs is 2. The topological polar surface area (TPSA) is 74.8 Å². The van der Waals surface area contributed by atoms with E-state index in [0.29, 0.717) is 11.1 Å². The normalized spacial score (nSPS) is 16.7. The van der Waals surface area contributed by atoms with Crippen LogP contribution < -0.4 is 0 Å². The van der Waals surface area contributed by atoms with Crippen molar-refractivity contribution >= 4 is 20.0 Å². The van der Waals surface area contributed by atoms with Gasteiger partial charge in [0.05, 0.1) is 0 Å². The van der Waals surface area contributed by atoms with Gasteiger partial charge in [0.25, 0.3) is 0 Å². The van der Waals surface area contributed by atoms with Gasteiger partial charge >= 0.3 is 31.1 Å². The Balaban J connectivity index is 1.43. The molecule has 0 radical (unpaired) electrons. The van der Waals surface area contributed by atoms with Crippen LogP contribution in [0.2, 0.25) is 0 Å². The summed E-state index contributed by atoms with van der Waals surface area (Å²) in [5, 5.41) is 0. The first-order valence-corrected chi connectivity index (χ1v) is 16.5. The van der Waals surface area contributed by atoms with Crippen molar-refractivity contribution in [3.63, 3.8) is 0 Å². The lowest BCUT2D eigenvalue weighted by Crippen LogP contribution is -2.35. The molecule has 2 heterocycles. The fourth-order valence-electron chi connectivity index (χ4n) is 5.60. The number of allylic oxidation sites excluding steroid dienone is 4. The number of halogens is 6. The van der Waals surface area contributed by atoms with Crippen molar-refractivity contribution in [1.82, 2.24) is 8.61 Å². The SMILES string of the molecule is O=S(=O)(N1C=CC(c2cc(-c3cc(C4C=CN(S(=O)(=O)C(F)(F)F)C=C4)c4cccccc3-4)c3cccccc2-3)C=C1)C(F)(F)F. The summed E-state index contributed by atoms with van der Waals surface area (Å²) >= 11 is 0. The first kappa shape index (κ1) is 31.4. The molecule has 4 aliphatic carbocycles. The van der Waals surface area contributed by atoms with E-state index >= 15 is 0 Å². The highest BCUT2D eigenvalue weighted by molar-refractivity contribution is 7.90. The Morgan fingerprint density at radius 1 is 0.457 bits per heavy atom. The molecule has 0 aromatic rings. The smallest absolute Gasteiger partial charge is 0.246 e. The van der Waals surface area contributed by atoms with Gasteiger partial charge in [-0.3, -0.25) is 0 Å². The molecule has 238 valence electrons. The van der Waals surface area contributed by atoms with Gasteiger partial charge in [0.2, 0.25) is 0 Å². The van der Waals surface area contributed by atoms with Crippen molar-refractivity contribution in [3.8, 4) is 33.4 Å². The van der Waals surface area contributed by atoms with Gasteiger partial charge in [-0.1, -0.05) is 85.0 Å². The molecule has 0 fully saturated rings. The minimum Gasteiger partial charge on any atom is -0.246 e. The summed E-state index contributed by atoms with van der Waals surface area (Å²) in [5.41, 5.74) is -4.85. The van der Waals surface area contributed by atoms with Crippen molar-refractivity contribution in [3.05, 3.63) is 133 Å². The first-order valence-electron chi connectivity index (χ1n) is 13.6. The Morgan fingerprint density at radius 2 is 0.761 bits per heavy atom. The van der Waals surface area contributed by atoms with Gasteiger partial charge in [0.1, 0.15) is 0 Å². The van der Waals surface area contributed by atoms with Crippen LogP contribution in [0.25, 0.3) is 33.4 Å². The molecule has 0 spiro atoms. The standard InChI is InChI=1S/C32H22F6N2O4S2/c33-31(34,35)45(41,42)39-15-11-21(12-16-39)27-19-29(25-9-5-1-3-7-23(25)27)30-20-28(24-8-4-2-6-10-26(24)30)22-13-17-40(18-14-22)46(43,44)32(36,37)38/h1-22H. The molecular weight excluding hydrogens is 654 g/mol. The zero-order valence-electron chi connectivity index (χ0n) is 23.3. The van der Waals surface area contributed by atoms with Gasteiger partial charge in [0, 0.05) is 36.6 Å². The number of nitrogens with zero attached hydrogens (tertiary/aromatic N) is 2. The molecule has 0 atom stereocenters. The van der Waals surface area contributed by atoms with Gasteiger partial charge in [-0.15, -0.1) is 0 Å². The zero-order chi connectivity index (χ0) is 33.1. The van der Waals surface area contributed by atoms with E-state index in [1.165, 1.54) is 24.3 Å². The van der Waals surface area contributed by atoms with Crippen LogP contribution in [0, 0.1) is 0 Å². The maximum atomic E-state index is 13.1. The van der Waals surface area contributed by atoms with Crippen LogP contribution in [0.1, 0.15) is 23.0 Å². The maximum Gasteiger partial charge on any atom is 0.517 e. The lowest BCUT2D eigenvalue weighted by Gasteiger charge is -2.22. The van der Waals surface area contributed by atoms with Crippen molar-refractivity contribution in [2.75, 3.05) is 0 Å². The fraction of sp³-hybridized carbons (Fsp3) is 0.125. The number of hydrogen-bond donors (Lipinski definition) is 0. The fourth-order valence-corrected chi connectivity index (χ4v) is 7.00. The predicted molar refractivity (Wildman–Crippen MR) is 161 cm³/mol. The van der Waals surface area contributed by atoms with Crippen molar-refractivity contribution in [1.29, 1.82) is 0 Å². The van der Waals surface area contributed by atoms with E-state index in [9.17, 15) is 43.2 Å². The van der Waals surface area contributed by atoms with Gasteiger partial charge in [-0.05, 0) is 56.6 Å². The van der Waals surface area contributed by atoms with E-state index in [4.69, 9.17) is 0 Å². The average molecular weight is 677 g/mol. The van der Waals surface area contributed by atoms with Gasteiger partial charge in [-0.2, -0.15) is 43.2 Å². The minimum atomic E-state index is -5.60. The molecule has 0 saturated carbocycles. The molecule has 14 heteroatoms. The molecule has 0 saturated heterocycles. The summed E-state index contributed by atoms with van der Waals surface area (Å²) < 4.78 is 126. The van der Waals surface area contributed by atoms with Crippen LogP contribution in [-0.4, -0.2) is 36.5 Å². The second-order valence-corrected chi connectivity index (χ2v) is 14.2. The van der Waals surface area contributed by atoms with E-state index in [1.54, 1.807) is 12.1 Å². The summed E-state index contributed by atoms with van der Waals surface area (Å²) in [6.45, 7) is 0. The quantitative estimate of drug-likeness (QED) is 0.200. The van der Waals surface area contributed by atoms with Gasteiger partial charge < -0.3 is 0 Å². The highest BCUT2D eigenvalue weighted by atomic mass is 32.2. The van der Waals surface area contributed by atoms with Crippen LogP contribution in [0.5, 0.6) is 0 Å². The summed E-state index contributed by atoms with van der Waals surface area (Å²) in [7, 11) is -11.2. The third-order valence-corrected chi connectivity index (χ3v) is 10.6. The van der Waals surface area contributed by atoms with Crippen molar-refractivity contribution in [2.45, 2.75) is 22.9 Å². The second-order valence-electron chi connectivity index (χ2n) is 10.5. The Hall–Kier alpha value is -4.56.